The lowest BCUT2D eigenvalue weighted by atomic mass is 10.0. The van der Waals surface area contributed by atoms with Crippen molar-refractivity contribution < 1.29 is 9.47 Å². The maximum absolute atomic E-state index is 5.79. The van der Waals surface area contributed by atoms with E-state index >= 15 is 0 Å². The molecule has 6 heteroatoms. The second-order valence-corrected chi connectivity index (χ2v) is 6.48. The lowest BCUT2D eigenvalue weighted by Gasteiger charge is -2.30. The highest BCUT2D eigenvalue weighted by atomic mass is 79.9. The van der Waals surface area contributed by atoms with Crippen molar-refractivity contribution >= 4 is 27.7 Å². The van der Waals surface area contributed by atoms with E-state index < -0.39 is 0 Å². The Morgan fingerprint density at radius 3 is 3.11 bits per heavy atom. The van der Waals surface area contributed by atoms with Crippen molar-refractivity contribution in [2.24, 2.45) is 5.84 Å². The summed E-state index contributed by atoms with van der Waals surface area (Å²) in [7, 11) is 1.69. The molecule has 1 aromatic carbocycles. The third kappa shape index (κ3) is 4.10. The highest BCUT2D eigenvalue weighted by molar-refractivity contribution is 9.10. The zero-order valence-electron chi connectivity index (χ0n) is 10.9. The molecular formula is C13H19BrN2O2S. The molecule has 19 heavy (non-hydrogen) atoms. The Bertz CT molecular complexity index is 414. The predicted molar refractivity (Wildman–Crippen MR) is 82.6 cm³/mol. The lowest BCUT2D eigenvalue weighted by Crippen LogP contribution is -2.49. The first-order chi connectivity index (χ1) is 9.24. The fraction of sp³-hybridized carbons (Fsp3) is 0.538. The van der Waals surface area contributed by atoms with Crippen molar-refractivity contribution in [3.8, 4) is 5.75 Å². The molecule has 2 rings (SSSR count). The van der Waals surface area contributed by atoms with Crippen molar-refractivity contribution in [1.82, 2.24) is 5.43 Å². The second-order valence-electron chi connectivity index (χ2n) is 4.42. The van der Waals surface area contributed by atoms with Gasteiger partial charge < -0.3 is 9.47 Å². The number of hydrogen-bond donors (Lipinski definition) is 2. The number of benzene rings is 1. The molecule has 3 N–H and O–H groups in total. The van der Waals surface area contributed by atoms with E-state index in [0.717, 1.165) is 40.3 Å². The van der Waals surface area contributed by atoms with Crippen molar-refractivity contribution in [3.63, 3.8) is 0 Å². The fourth-order valence-electron chi connectivity index (χ4n) is 2.18. The minimum absolute atomic E-state index is 0.0935. The van der Waals surface area contributed by atoms with Gasteiger partial charge in [0.25, 0.3) is 0 Å². The van der Waals surface area contributed by atoms with Crippen LogP contribution >= 0.6 is 27.7 Å². The smallest absolute Gasteiger partial charge is 0.122 e. The van der Waals surface area contributed by atoms with Gasteiger partial charge in [0.05, 0.1) is 25.9 Å². The Morgan fingerprint density at radius 2 is 2.47 bits per heavy atom. The van der Waals surface area contributed by atoms with Crippen LogP contribution in [0.25, 0.3) is 0 Å². The molecule has 1 fully saturated rings. The molecule has 0 aromatic heterocycles. The van der Waals surface area contributed by atoms with E-state index in [1.807, 2.05) is 23.9 Å². The van der Waals surface area contributed by atoms with Gasteiger partial charge in [0.2, 0.25) is 0 Å². The van der Waals surface area contributed by atoms with Crippen LogP contribution in [0, 0.1) is 0 Å². The minimum Gasteiger partial charge on any atom is -0.496 e. The molecule has 4 nitrogen and oxygen atoms in total. The van der Waals surface area contributed by atoms with Gasteiger partial charge in [0, 0.05) is 16.0 Å². The van der Waals surface area contributed by atoms with E-state index in [1.54, 1.807) is 7.11 Å². The third-order valence-electron chi connectivity index (χ3n) is 3.19. The molecule has 1 aliphatic heterocycles. The van der Waals surface area contributed by atoms with E-state index in [2.05, 4.69) is 27.4 Å². The van der Waals surface area contributed by atoms with Crippen LogP contribution in [0.3, 0.4) is 0 Å². The van der Waals surface area contributed by atoms with E-state index in [4.69, 9.17) is 15.3 Å². The SMILES string of the molecule is COc1ccc(Br)cc1CC(NN)C1CSCCO1. The molecule has 0 amide bonds. The van der Waals surface area contributed by atoms with Gasteiger partial charge in [0.15, 0.2) is 0 Å². The number of thioether (sulfide) groups is 1. The third-order valence-corrected chi connectivity index (χ3v) is 4.70. The van der Waals surface area contributed by atoms with Gasteiger partial charge in [-0.15, -0.1) is 0 Å². The Kier molecular flexibility index (Phi) is 5.97. The molecule has 2 atom stereocenters. The Balaban J connectivity index is 2.10. The average molecular weight is 347 g/mol. The number of halogens is 1. The van der Waals surface area contributed by atoms with Gasteiger partial charge in [-0.25, -0.2) is 0 Å². The summed E-state index contributed by atoms with van der Waals surface area (Å²) in [5, 5.41) is 0. The maximum atomic E-state index is 5.79. The van der Waals surface area contributed by atoms with E-state index in [-0.39, 0.29) is 12.1 Å². The van der Waals surface area contributed by atoms with Gasteiger partial charge in [-0.2, -0.15) is 11.8 Å². The summed E-state index contributed by atoms with van der Waals surface area (Å²) in [5.41, 5.74) is 4.01. The van der Waals surface area contributed by atoms with Gasteiger partial charge >= 0.3 is 0 Å². The van der Waals surface area contributed by atoms with Crippen LogP contribution in [0.1, 0.15) is 5.56 Å². The molecule has 1 heterocycles. The van der Waals surface area contributed by atoms with Crippen LogP contribution in [-0.2, 0) is 11.2 Å². The molecule has 0 radical (unpaired) electrons. The van der Waals surface area contributed by atoms with Gasteiger partial charge in [0.1, 0.15) is 5.75 Å². The van der Waals surface area contributed by atoms with Crippen molar-refractivity contribution in [2.45, 2.75) is 18.6 Å². The van der Waals surface area contributed by atoms with Crippen LogP contribution < -0.4 is 16.0 Å². The zero-order chi connectivity index (χ0) is 13.7. The first-order valence-electron chi connectivity index (χ1n) is 6.22. The highest BCUT2D eigenvalue weighted by Crippen LogP contribution is 2.26. The van der Waals surface area contributed by atoms with Gasteiger partial charge in [-0.3, -0.25) is 11.3 Å². The number of rotatable bonds is 5. The summed E-state index contributed by atoms with van der Waals surface area (Å²) in [5.74, 6) is 8.61. The van der Waals surface area contributed by atoms with Crippen LogP contribution in [0.5, 0.6) is 5.75 Å². The number of hydrazine groups is 1. The summed E-state index contributed by atoms with van der Waals surface area (Å²) >= 11 is 5.40. The molecule has 1 aliphatic rings. The molecule has 0 aliphatic carbocycles. The second kappa shape index (κ2) is 7.50. The zero-order valence-corrected chi connectivity index (χ0v) is 13.3. The van der Waals surface area contributed by atoms with E-state index in [1.165, 1.54) is 0 Å². The molecule has 2 unspecified atom stereocenters. The van der Waals surface area contributed by atoms with Crippen LogP contribution in [0.2, 0.25) is 0 Å². The quantitative estimate of drug-likeness (QED) is 0.630. The first kappa shape index (κ1) is 15.1. The Hall–Kier alpha value is -0.270. The van der Waals surface area contributed by atoms with Crippen LogP contribution in [-0.4, -0.2) is 37.4 Å². The molecule has 1 saturated heterocycles. The topological polar surface area (TPSA) is 56.5 Å². The molecular weight excluding hydrogens is 328 g/mol. The average Bonchev–Trinajstić information content (AvgIpc) is 2.46. The number of ether oxygens (including phenoxy) is 2. The largest absolute Gasteiger partial charge is 0.496 e. The van der Waals surface area contributed by atoms with Crippen molar-refractivity contribution in [1.29, 1.82) is 0 Å². The fourth-order valence-corrected chi connectivity index (χ4v) is 3.53. The van der Waals surface area contributed by atoms with Gasteiger partial charge in [-0.1, -0.05) is 15.9 Å². The predicted octanol–water partition coefficient (Wildman–Crippen LogP) is 1.96. The summed E-state index contributed by atoms with van der Waals surface area (Å²) in [6.45, 7) is 0.795. The highest BCUT2D eigenvalue weighted by Gasteiger charge is 2.25. The Labute approximate surface area is 126 Å². The number of nitrogens with one attached hydrogen (secondary N) is 1. The molecule has 106 valence electrons. The standard InChI is InChI=1S/C13H19BrN2O2S/c1-17-12-3-2-10(14)6-9(12)7-11(16-15)13-8-19-5-4-18-13/h2-3,6,11,13,16H,4-5,7-8,15H2,1H3. The number of nitrogens with two attached hydrogens (primary N) is 1. The summed E-state index contributed by atoms with van der Waals surface area (Å²) < 4.78 is 12.2. The summed E-state index contributed by atoms with van der Waals surface area (Å²) in [6.07, 6.45) is 0.928. The number of methoxy groups -OCH3 is 1. The number of hydrogen-bond acceptors (Lipinski definition) is 5. The van der Waals surface area contributed by atoms with Gasteiger partial charge in [-0.05, 0) is 30.2 Å². The first-order valence-corrected chi connectivity index (χ1v) is 8.17. The monoisotopic (exact) mass is 346 g/mol. The van der Waals surface area contributed by atoms with Crippen molar-refractivity contribution in [2.75, 3.05) is 25.2 Å². The normalized spacial score (nSPS) is 21.1. The molecule has 0 spiro atoms. The molecule has 0 bridgehead atoms. The molecule has 0 saturated carbocycles. The van der Waals surface area contributed by atoms with Crippen LogP contribution in [0.4, 0.5) is 0 Å². The van der Waals surface area contributed by atoms with E-state index in [0.29, 0.717) is 0 Å². The summed E-state index contributed by atoms with van der Waals surface area (Å²) in [4.78, 5) is 0. The molecule has 1 aromatic rings. The van der Waals surface area contributed by atoms with Crippen LogP contribution in [0.15, 0.2) is 22.7 Å². The summed E-state index contributed by atoms with van der Waals surface area (Å²) in [6, 6.07) is 6.10. The maximum Gasteiger partial charge on any atom is 0.122 e. The van der Waals surface area contributed by atoms with Crippen molar-refractivity contribution in [3.05, 3.63) is 28.2 Å². The van der Waals surface area contributed by atoms with E-state index in [9.17, 15) is 0 Å². The minimum atomic E-state index is 0.0935. The Morgan fingerprint density at radius 1 is 1.63 bits per heavy atom. The lowest BCUT2D eigenvalue weighted by molar-refractivity contribution is 0.0470.